The van der Waals surface area contributed by atoms with Gasteiger partial charge in [-0.25, -0.2) is 8.78 Å². The van der Waals surface area contributed by atoms with Crippen LogP contribution in [-0.2, 0) is 4.74 Å². The van der Waals surface area contributed by atoms with Gasteiger partial charge in [0.25, 0.3) is 5.91 Å². The second-order valence-corrected chi connectivity index (χ2v) is 9.69. The third-order valence-electron chi connectivity index (χ3n) is 4.88. The van der Waals surface area contributed by atoms with E-state index in [4.69, 9.17) is 4.74 Å². The normalized spacial score (nSPS) is 12.0. The summed E-state index contributed by atoms with van der Waals surface area (Å²) in [4.78, 5) is 14.3. The van der Waals surface area contributed by atoms with Gasteiger partial charge in [-0.15, -0.1) is 0 Å². The number of anilines is 2. The molecule has 4 rings (SSSR count). The zero-order valence-corrected chi connectivity index (χ0v) is 20.7. The lowest BCUT2D eigenvalue weighted by Gasteiger charge is -2.17. The number of fused-ring (bicyclic) bond motifs is 1. The summed E-state index contributed by atoms with van der Waals surface area (Å²) in [5.41, 5.74) is 1.82. The summed E-state index contributed by atoms with van der Waals surface area (Å²) in [7, 11) is 1.62. The lowest BCUT2D eigenvalue weighted by Crippen LogP contribution is -2.23. The average Bonchev–Trinajstić information content (AvgIpc) is 3.15. The van der Waals surface area contributed by atoms with Crippen LogP contribution in [0.3, 0.4) is 0 Å². The van der Waals surface area contributed by atoms with Crippen molar-refractivity contribution in [1.82, 2.24) is 10.2 Å². The SMILES string of the molecule is COC[C@@H](C)Nc1cc(Br)ccc1C(=O)Nc1n[nH]c2ccc(Sc3cc(F)cc(F)c3)cc12. The summed E-state index contributed by atoms with van der Waals surface area (Å²) >= 11 is 4.65. The summed E-state index contributed by atoms with van der Waals surface area (Å²) in [5.74, 6) is -1.26. The van der Waals surface area contributed by atoms with Crippen molar-refractivity contribution in [3.8, 4) is 0 Å². The van der Waals surface area contributed by atoms with E-state index in [0.29, 0.717) is 39.5 Å². The number of hydrogen-bond donors (Lipinski definition) is 3. The summed E-state index contributed by atoms with van der Waals surface area (Å²) in [5, 5.41) is 14.0. The fourth-order valence-electron chi connectivity index (χ4n) is 3.44. The van der Waals surface area contributed by atoms with Crippen LogP contribution in [-0.4, -0.2) is 35.9 Å². The largest absolute Gasteiger partial charge is 0.383 e. The molecule has 0 aliphatic carbocycles. The molecule has 0 unspecified atom stereocenters. The third kappa shape index (κ3) is 5.75. The molecule has 0 aliphatic heterocycles. The highest BCUT2D eigenvalue weighted by atomic mass is 79.9. The fourth-order valence-corrected chi connectivity index (χ4v) is 4.73. The zero-order valence-electron chi connectivity index (χ0n) is 18.3. The molecule has 0 spiro atoms. The summed E-state index contributed by atoms with van der Waals surface area (Å²) in [6, 6.07) is 14.1. The minimum atomic E-state index is -0.640. The van der Waals surface area contributed by atoms with Crippen molar-refractivity contribution in [3.05, 3.63) is 76.3 Å². The molecule has 1 aromatic heterocycles. The highest BCUT2D eigenvalue weighted by Crippen LogP contribution is 2.33. The third-order valence-corrected chi connectivity index (χ3v) is 6.34. The van der Waals surface area contributed by atoms with Crippen LogP contribution in [0.2, 0.25) is 0 Å². The highest BCUT2D eigenvalue weighted by molar-refractivity contribution is 9.10. The number of benzene rings is 3. The fraction of sp³-hybridized carbons (Fsp3) is 0.167. The van der Waals surface area contributed by atoms with Crippen molar-refractivity contribution < 1.29 is 18.3 Å². The first kappa shape index (κ1) is 24.2. The number of carbonyl (C=O) groups excluding carboxylic acids is 1. The monoisotopic (exact) mass is 546 g/mol. The Morgan fingerprint density at radius 3 is 2.62 bits per heavy atom. The lowest BCUT2D eigenvalue weighted by atomic mass is 10.1. The van der Waals surface area contributed by atoms with E-state index < -0.39 is 11.6 Å². The molecule has 176 valence electrons. The van der Waals surface area contributed by atoms with Crippen molar-refractivity contribution >= 4 is 56.0 Å². The van der Waals surface area contributed by atoms with E-state index in [0.717, 1.165) is 15.4 Å². The Balaban J connectivity index is 1.59. The van der Waals surface area contributed by atoms with Crippen LogP contribution in [0.4, 0.5) is 20.3 Å². The smallest absolute Gasteiger partial charge is 0.258 e. The molecule has 0 aliphatic rings. The molecule has 0 saturated carbocycles. The number of nitrogens with zero attached hydrogens (tertiary/aromatic N) is 1. The molecule has 0 radical (unpaired) electrons. The summed E-state index contributed by atoms with van der Waals surface area (Å²) in [6.45, 7) is 2.43. The quantitative estimate of drug-likeness (QED) is 0.236. The van der Waals surface area contributed by atoms with Crippen LogP contribution in [0.15, 0.2) is 68.9 Å². The Kier molecular flexibility index (Phi) is 7.50. The minimum absolute atomic E-state index is 0.00990. The van der Waals surface area contributed by atoms with Gasteiger partial charge in [0.2, 0.25) is 0 Å². The molecule has 0 saturated heterocycles. The van der Waals surface area contributed by atoms with Gasteiger partial charge in [0, 0.05) is 44.6 Å². The average molecular weight is 547 g/mol. The van der Waals surface area contributed by atoms with Gasteiger partial charge < -0.3 is 15.4 Å². The lowest BCUT2D eigenvalue weighted by molar-refractivity contribution is 0.102. The number of hydrogen-bond acceptors (Lipinski definition) is 5. The molecule has 0 fully saturated rings. The second kappa shape index (κ2) is 10.5. The van der Waals surface area contributed by atoms with Gasteiger partial charge in [-0.2, -0.15) is 5.10 Å². The Bertz CT molecular complexity index is 1330. The van der Waals surface area contributed by atoms with Crippen molar-refractivity contribution in [2.45, 2.75) is 22.8 Å². The van der Waals surface area contributed by atoms with E-state index in [1.165, 1.54) is 23.9 Å². The Labute approximate surface area is 207 Å². The Morgan fingerprint density at radius 2 is 1.88 bits per heavy atom. The van der Waals surface area contributed by atoms with Crippen LogP contribution >= 0.6 is 27.7 Å². The number of H-pyrrole nitrogens is 1. The number of carbonyl (C=O) groups is 1. The van der Waals surface area contributed by atoms with E-state index in [2.05, 4.69) is 36.8 Å². The number of methoxy groups -OCH3 is 1. The maximum Gasteiger partial charge on any atom is 0.258 e. The molecule has 0 bridgehead atoms. The van der Waals surface area contributed by atoms with Gasteiger partial charge >= 0.3 is 0 Å². The highest BCUT2D eigenvalue weighted by Gasteiger charge is 2.17. The number of amides is 1. The Morgan fingerprint density at radius 1 is 1.12 bits per heavy atom. The molecular formula is C24H21BrF2N4O2S. The molecule has 3 aromatic carbocycles. The number of aromatic amines is 1. The van der Waals surface area contributed by atoms with E-state index in [-0.39, 0.29) is 11.9 Å². The van der Waals surface area contributed by atoms with Crippen molar-refractivity contribution in [2.24, 2.45) is 0 Å². The second-order valence-electron chi connectivity index (χ2n) is 7.63. The molecule has 3 N–H and O–H groups in total. The van der Waals surface area contributed by atoms with Crippen LogP contribution in [0.5, 0.6) is 0 Å². The van der Waals surface area contributed by atoms with Gasteiger partial charge in [-0.1, -0.05) is 27.7 Å². The van der Waals surface area contributed by atoms with Crippen LogP contribution in [0.1, 0.15) is 17.3 Å². The maximum absolute atomic E-state index is 13.6. The predicted octanol–water partition coefficient (Wildman–Crippen LogP) is 6.45. The standard InChI is InChI=1S/C24H21BrF2N4O2S/c1-13(12-33-2)28-22-7-14(25)3-5-19(22)24(32)29-23-20-11-17(4-6-21(20)30-31-23)34-18-9-15(26)8-16(27)10-18/h3-11,13,28H,12H2,1-2H3,(H2,29,30,31,32)/t13-/m1/s1. The number of rotatable bonds is 8. The van der Waals surface area contributed by atoms with Gasteiger partial charge in [-0.3, -0.25) is 9.89 Å². The summed E-state index contributed by atoms with van der Waals surface area (Å²) < 4.78 is 33.1. The maximum atomic E-state index is 13.6. The molecule has 10 heteroatoms. The zero-order chi connectivity index (χ0) is 24.2. The molecule has 1 amide bonds. The number of aromatic nitrogens is 2. The van der Waals surface area contributed by atoms with Gasteiger partial charge in [-0.05, 0) is 55.5 Å². The van der Waals surface area contributed by atoms with Crippen molar-refractivity contribution in [3.63, 3.8) is 0 Å². The van der Waals surface area contributed by atoms with Crippen LogP contribution < -0.4 is 10.6 Å². The first-order chi connectivity index (χ1) is 16.3. The number of ether oxygens (including phenoxy) is 1. The minimum Gasteiger partial charge on any atom is -0.383 e. The summed E-state index contributed by atoms with van der Waals surface area (Å²) in [6.07, 6.45) is 0. The molecule has 34 heavy (non-hydrogen) atoms. The van der Waals surface area contributed by atoms with Gasteiger partial charge in [0.15, 0.2) is 5.82 Å². The van der Waals surface area contributed by atoms with Gasteiger partial charge in [0.1, 0.15) is 11.6 Å². The Hall–Kier alpha value is -2.95. The van der Waals surface area contributed by atoms with Crippen LogP contribution in [0, 0.1) is 11.6 Å². The molecular weight excluding hydrogens is 526 g/mol. The van der Waals surface area contributed by atoms with E-state index >= 15 is 0 Å². The van der Waals surface area contributed by atoms with Crippen molar-refractivity contribution in [1.29, 1.82) is 0 Å². The van der Waals surface area contributed by atoms with Gasteiger partial charge in [0.05, 0.1) is 17.7 Å². The number of halogens is 3. The number of nitrogens with one attached hydrogen (secondary N) is 3. The molecule has 6 nitrogen and oxygen atoms in total. The molecule has 1 heterocycles. The first-order valence-corrected chi connectivity index (χ1v) is 11.9. The molecule has 1 atom stereocenters. The van der Waals surface area contributed by atoms with Crippen LogP contribution in [0.25, 0.3) is 10.9 Å². The molecule has 4 aromatic rings. The predicted molar refractivity (Wildman–Crippen MR) is 134 cm³/mol. The van der Waals surface area contributed by atoms with Crippen molar-refractivity contribution in [2.75, 3.05) is 24.4 Å². The van der Waals surface area contributed by atoms with E-state index in [9.17, 15) is 13.6 Å². The first-order valence-electron chi connectivity index (χ1n) is 10.3. The topological polar surface area (TPSA) is 79.0 Å². The van der Waals surface area contributed by atoms with E-state index in [1.807, 2.05) is 25.1 Å². The van der Waals surface area contributed by atoms with E-state index in [1.54, 1.807) is 25.3 Å².